The van der Waals surface area contributed by atoms with Gasteiger partial charge in [-0.05, 0) is 36.4 Å². The number of nitrogens with one attached hydrogen (secondary N) is 2. The summed E-state index contributed by atoms with van der Waals surface area (Å²) < 4.78 is 40.8. The predicted octanol–water partition coefficient (Wildman–Crippen LogP) is 4.63. The topological polar surface area (TPSA) is 75.4 Å². The Morgan fingerprint density at radius 2 is 1.60 bits per heavy atom. The van der Waals surface area contributed by atoms with E-state index in [-0.39, 0.29) is 11.3 Å². The molecule has 0 fully saturated rings. The number of fused-ring (bicyclic) bond motifs is 1. The molecule has 2 aromatic carbocycles. The summed E-state index contributed by atoms with van der Waals surface area (Å²) in [6.45, 7) is 0. The summed E-state index contributed by atoms with van der Waals surface area (Å²) in [5, 5.41) is 20.5. The SMILES string of the molecule is N#Cc1ccc(NC(c2c[nH]c3cc(C#N)ccc23)C(F)(F)F)cc1. The van der Waals surface area contributed by atoms with E-state index in [2.05, 4.69) is 10.3 Å². The number of aromatic nitrogens is 1. The van der Waals surface area contributed by atoms with E-state index in [1.165, 1.54) is 48.7 Å². The maximum absolute atomic E-state index is 13.6. The second-order valence-corrected chi connectivity index (χ2v) is 5.42. The smallest absolute Gasteiger partial charge is 0.370 e. The lowest BCUT2D eigenvalue weighted by atomic mass is 10.0. The van der Waals surface area contributed by atoms with E-state index in [1.807, 2.05) is 12.1 Å². The predicted molar refractivity (Wildman–Crippen MR) is 86.6 cm³/mol. The first kappa shape index (κ1) is 16.4. The molecule has 1 atom stereocenters. The first-order valence-corrected chi connectivity index (χ1v) is 7.27. The molecular formula is C18H11F3N4. The molecule has 3 aromatic rings. The first-order chi connectivity index (χ1) is 11.9. The number of H-pyrrole nitrogens is 1. The number of alkyl halides is 3. The van der Waals surface area contributed by atoms with Crippen molar-refractivity contribution in [3.63, 3.8) is 0 Å². The molecule has 1 unspecified atom stereocenters. The molecule has 0 saturated carbocycles. The number of benzene rings is 2. The highest BCUT2D eigenvalue weighted by atomic mass is 19.4. The second kappa shape index (κ2) is 6.21. The number of anilines is 1. The zero-order valence-electron chi connectivity index (χ0n) is 12.7. The third-order valence-corrected chi connectivity index (χ3v) is 3.81. The fourth-order valence-corrected chi connectivity index (χ4v) is 2.60. The zero-order valence-corrected chi connectivity index (χ0v) is 12.7. The van der Waals surface area contributed by atoms with E-state index >= 15 is 0 Å². The average Bonchev–Trinajstić information content (AvgIpc) is 3.01. The average molecular weight is 340 g/mol. The summed E-state index contributed by atoms with van der Waals surface area (Å²) in [4.78, 5) is 2.79. The van der Waals surface area contributed by atoms with Crippen molar-refractivity contribution in [1.82, 2.24) is 4.98 Å². The van der Waals surface area contributed by atoms with Gasteiger partial charge in [0.15, 0.2) is 6.04 Å². The standard InChI is InChI=1S/C18H11F3N4/c19-18(20,21)17(25-13-4-1-11(8-22)2-5-13)15-10-24-16-7-12(9-23)3-6-14(15)16/h1-7,10,17,24-25H. The molecule has 0 aliphatic rings. The molecule has 3 rings (SSSR count). The van der Waals surface area contributed by atoms with Gasteiger partial charge in [-0.15, -0.1) is 0 Å². The number of nitrogens with zero attached hydrogens (tertiary/aromatic N) is 2. The van der Waals surface area contributed by atoms with E-state index in [9.17, 15) is 13.2 Å². The van der Waals surface area contributed by atoms with Crippen LogP contribution in [-0.4, -0.2) is 11.2 Å². The Morgan fingerprint density at radius 1 is 0.960 bits per heavy atom. The van der Waals surface area contributed by atoms with Crippen LogP contribution in [0, 0.1) is 22.7 Å². The monoisotopic (exact) mass is 340 g/mol. The van der Waals surface area contributed by atoms with Crippen LogP contribution < -0.4 is 5.32 Å². The van der Waals surface area contributed by atoms with Gasteiger partial charge >= 0.3 is 6.18 Å². The quantitative estimate of drug-likeness (QED) is 0.730. The second-order valence-electron chi connectivity index (χ2n) is 5.42. The molecule has 124 valence electrons. The Morgan fingerprint density at radius 3 is 2.20 bits per heavy atom. The number of aromatic amines is 1. The van der Waals surface area contributed by atoms with Crippen LogP contribution in [0.1, 0.15) is 22.7 Å². The third kappa shape index (κ3) is 3.26. The molecule has 0 aliphatic heterocycles. The lowest BCUT2D eigenvalue weighted by molar-refractivity contribution is -0.143. The van der Waals surface area contributed by atoms with Crippen molar-refractivity contribution in [3.05, 3.63) is 65.4 Å². The highest BCUT2D eigenvalue weighted by molar-refractivity contribution is 5.85. The number of hydrogen-bond donors (Lipinski definition) is 2. The maximum Gasteiger partial charge on any atom is 0.412 e. The molecule has 25 heavy (non-hydrogen) atoms. The summed E-state index contributed by atoms with van der Waals surface area (Å²) in [5.74, 6) is 0. The number of rotatable bonds is 3. The van der Waals surface area contributed by atoms with Gasteiger partial charge in [0.2, 0.25) is 0 Å². The summed E-state index contributed by atoms with van der Waals surface area (Å²) in [7, 11) is 0. The highest BCUT2D eigenvalue weighted by Gasteiger charge is 2.42. The van der Waals surface area contributed by atoms with Crippen LogP contribution in [0.25, 0.3) is 10.9 Å². The maximum atomic E-state index is 13.6. The van der Waals surface area contributed by atoms with E-state index in [0.29, 0.717) is 22.0 Å². The summed E-state index contributed by atoms with van der Waals surface area (Å²) >= 11 is 0. The van der Waals surface area contributed by atoms with Crippen molar-refractivity contribution in [3.8, 4) is 12.1 Å². The Bertz CT molecular complexity index is 988. The van der Waals surface area contributed by atoms with Crippen LogP contribution in [-0.2, 0) is 0 Å². The fourth-order valence-electron chi connectivity index (χ4n) is 2.60. The Balaban J connectivity index is 2.02. The largest absolute Gasteiger partial charge is 0.412 e. The van der Waals surface area contributed by atoms with Gasteiger partial charge in [0, 0.05) is 28.4 Å². The van der Waals surface area contributed by atoms with Gasteiger partial charge in [-0.25, -0.2) is 0 Å². The van der Waals surface area contributed by atoms with Crippen molar-refractivity contribution < 1.29 is 13.2 Å². The number of halogens is 3. The lowest BCUT2D eigenvalue weighted by Crippen LogP contribution is -2.27. The highest BCUT2D eigenvalue weighted by Crippen LogP contribution is 2.38. The molecule has 0 radical (unpaired) electrons. The van der Waals surface area contributed by atoms with E-state index in [0.717, 1.165) is 0 Å². The van der Waals surface area contributed by atoms with Gasteiger partial charge in [-0.1, -0.05) is 6.07 Å². The molecule has 0 spiro atoms. The molecule has 1 aromatic heterocycles. The number of nitriles is 2. The minimum atomic E-state index is -4.53. The van der Waals surface area contributed by atoms with Crippen molar-refractivity contribution >= 4 is 16.6 Å². The normalized spacial score (nSPS) is 12.4. The molecule has 0 saturated heterocycles. The van der Waals surface area contributed by atoms with Crippen molar-refractivity contribution in [2.75, 3.05) is 5.32 Å². The van der Waals surface area contributed by atoms with E-state index in [1.54, 1.807) is 0 Å². The van der Waals surface area contributed by atoms with Gasteiger partial charge in [-0.3, -0.25) is 0 Å². The fraction of sp³-hybridized carbons (Fsp3) is 0.111. The summed E-state index contributed by atoms with van der Waals surface area (Å²) in [6.07, 6.45) is -3.24. The molecule has 0 bridgehead atoms. The molecule has 1 heterocycles. The van der Waals surface area contributed by atoms with Crippen LogP contribution >= 0.6 is 0 Å². The lowest BCUT2D eigenvalue weighted by Gasteiger charge is -2.22. The molecule has 0 aliphatic carbocycles. The molecule has 0 amide bonds. The van der Waals surface area contributed by atoms with Gasteiger partial charge in [0.1, 0.15) is 0 Å². The van der Waals surface area contributed by atoms with Crippen LogP contribution in [0.5, 0.6) is 0 Å². The number of hydrogen-bond acceptors (Lipinski definition) is 3. The molecule has 4 nitrogen and oxygen atoms in total. The zero-order chi connectivity index (χ0) is 18.0. The minimum Gasteiger partial charge on any atom is -0.370 e. The summed E-state index contributed by atoms with van der Waals surface area (Å²) in [5.41, 5.74) is 1.49. The van der Waals surface area contributed by atoms with E-state index in [4.69, 9.17) is 10.5 Å². The Labute approximate surface area is 141 Å². The van der Waals surface area contributed by atoms with Crippen LogP contribution in [0.2, 0.25) is 0 Å². The summed E-state index contributed by atoms with van der Waals surface area (Å²) in [6, 6.07) is 12.2. The third-order valence-electron chi connectivity index (χ3n) is 3.81. The van der Waals surface area contributed by atoms with Gasteiger partial charge in [-0.2, -0.15) is 23.7 Å². The Hall–Kier alpha value is -3.45. The molecule has 2 N–H and O–H groups in total. The van der Waals surface area contributed by atoms with Crippen molar-refractivity contribution in [2.24, 2.45) is 0 Å². The van der Waals surface area contributed by atoms with Crippen molar-refractivity contribution in [2.45, 2.75) is 12.2 Å². The van der Waals surface area contributed by atoms with E-state index < -0.39 is 12.2 Å². The Kier molecular flexibility index (Phi) is 4.08. The van der Waals surface area contributed by atoms with Crippen LogP contribution in [0.3, 0.4) is 0 Å². The van der Waals surface area contributed by atoms with Crippen LogP contribution in [0.15, 0.2) is 48.7 Å². The first-order valence-electron chi connectivity index (χ1n) is 7.27. The molecule has 7 heteroatoms. The van der Waals surface area contributed by atoms with Gasteiger partial charge in [0.05, 0.1) is 23.3 Å². The molecular weight excluding hydrogens is 329 g/mol. The van der Waals surface area contributed by atoms with Crippen LogP contribution in [0.4, 0.5) is 18.9 Å². The van der Waals surface area contributed by atoms with Gasteiger partial charge in [0.25, 0.3) is 0 Å². The van der Waals surface area contributed by atoms with Crippen molar-refractivity contribution in [1.29, 1.82) is 10.5 Å². The minimum absolute atomic E-state index is 0.0383. The van der Waals surface area contributed by atoms with Gasteiger partial charge < -0.3 is 10.3 Å².